The lowest BCUT2D eigenvalue weighted by atomic mass is 9.79. The van der Waals surface area contributed by atoms with Crippen LogP contribution in [0.1, 0.15) is 70.0 Å². The molecule has 20 heavy (non-hydrogen) atoms. The second-order valence-electron chi connectivity index (χ2n) is 6.90. The Balaban J connectivity index is 0.00000110. The van der Waals surface area contributed by atoms with E-state index in [0.717, 1.165) is 17.4 Å². The first-order chi connectivity index (χ1) is 8.98. The third kappa shape index (κ3) is 4.97. The fraction of sp³-hybridized carbons (Fsp3) is 0.588. The fourth-order valence-corrected chi connectivity index (χ4v) is 1.75. The molecule has 0 radical (unpaired) electrons. The third-order valence-electron chi connectivity index (χ3n) is 2.94. The molecule has 0 aliphatic heterocycles. The third-order valence-corrected chi connectivity index (χ3v) is 2.94. The predicted octanol–water partition coefficient (Wildman–Crippen LogP) is 3.80. The molecule has 2 N–H and O–H groups in total. The Bertz CT molecular complexity index is 449. The van der Waals surface area contributed by atoms with Gasteiger partial charge in [0.05, 0.1) is 5.56 Å². The number of carbonyl (C=O) groups is 1. The van der Waals surface area contributed by atoms with Crippen LogP contribution >= 0.6 is 0 Å². The number of hydrogen-bond donors (Lipinski definition) is 2. The summed E-state index contributed by atoms with van der Waals surface area (Å²) in [5.74, 6) is 0.112. The highest BCUT2D eigenvalue weighted by Gasteiger charge is 2.24. The van der Waals surface area contributed by atoms with Crippen molar-refractivity contribution in [2.75, 3.05) is 6.61 Å². The lowest BCUT2D eigenvalue weighted by Crippen LogP contribution is -2.17. The molecule has 1 rings (SSSR count). The maximum Gasteiger partial charge on any atom is 0.153 e. The van der Waals surface area contributed by atoms with Crippen molar-refractivity contribution in [1.82, 2.24) is 0 Å². The summed E-state index contributed by atoms with van der Waals surface area (Å²) in [5.41, 5.74) is 2.06. The van der Waals surface area contributed by atoms with Gasteiger partial charge in [-0.15, -0.1) is 0 Å². The summed E-state index contributed by atoms with van der Waals surface area (Å²) < 4.78 is 0. The molecule has 1 aromatic rings. The first kappa shape index (κ1) is 18.7. The quantitative estimate of drug-likeness (QED) is 0.769. The summed E-state index contributed by atoms with van der Waals surface area (Å²) >= 11 is 0. The molecule has 3 heteroatoms. The van der Waals surface area contributed by atoms with E-state index in [1.807, 2.05) is 26.8 Å². The minimum absolute atomic E-state index is 0.0362. The SMILES string of the molecule is CC(C)(C)c1cc(C=O)c(O)c(C(C)(C)C)c1.CCO. The van der Waals surface area contributed by atoms with Gasteiger partial charge in [0.2, 0.25) is 0 Å². The monoisotopic (exact) mass is 280 g/mol. The summed E-state index contributed by atoms with van der Waals surface area (Å²) in [6.07, 6.45) is 0.722. The van der Waals surface area contributed by atoms with Crippen LogP contribution in [0.5, 0.6) is 5.75 Å². The average Bonchev–Trinajstić information content (AvgIpc) is 2.27. The molecular weight excluding hydrogens is 252 g/mol. The van der Waals surface area contributed by atoms with Gasteiger partial charge in [0.25, 0.3) is 0 Å². The van der Waals surface area contributed by atoms with Crippen molar-refractivity contribution >= 4 is 6.29 Å². The molecule has 0 aliphatic carbocycles. The van der Waals surface area contributed by atoms with Crippen molar-refractivity contribution in [3.63, 3.8) is 0 Å². The highest BCUT2D eigenvalue weighted by molar-refractivity contribution is 5.81. The van der Waals surface area contributed by atoms with Crippen LogP contribution in [0.25, 0.3) is 0 Å². The second kappa shape index (κ2) is 6.89. The number of phenols is 1. The smallest absolute Gasteiger partial charge is 0.153 e. The Morgan fingerprint density at radius 1 is 1.05 bits per heavy atom. The van der Waals surface area contributed by atoms with Crippen molar-refractivity contribution in [1.29, 1.82) is 0 Å². The van der Waals surface area contributed by atoms with E-state index in [2.05, 4.69) is 20.8 Å². The molecule has 0 bridgehead atoms. The van der Waals surface area contributed by atoms with Crippen LogP contribution in [0, 0.1) is 0 Å². The molecule has 114 valence electrons. The minimum atomic E-state index is -0.177. The molecule has 0 amide bonds. The van der Waals surface area contributed by atoms with Gasteiger partial charge in [-0.25, -0.2) is 0 Å². The van der Waals surface area contributed by atoms with Gasteiger partial charge in [0.15, 0.2) is 6.29 Å². The van der Waals surface area contributed by atoms with Gasteiger partial charge >= 0.3 is 0 Å². The van der Waals surface area contributed by atoms with Gasteiger partial charge in [0, 0.05) is 12.2 Å². The summed E-state index contributed by atoms with van der Waals surface area (Å²) in [7, 11) is 0. The molecule has 0 unspecified atom stereocenters. The highest BCUT2D eigenvalue weighted by Crippen LogP contribution is 2.36. The number of aromatic hydroxyl groups is 1. The maximum atomic E-state index is 11.0. The van der Waals surface area contributed by atoms with E-state index in [9.17, 15) is 9.90 Å². The number of carbonyl (C=O) groups excluding carboxylic acids is 1. The van der Waals surface area contributed by atoms with E-state index in [0.29, 0.717) is 5.56 Å². The molecule has 0 saturated heterocycles. The lowest BCUT2D eigenvalue weighted by molar-refractivity contribution is 0.112. The van der Waals surface area contributed by atoms with E-state index in [-0.39, 0.29) is 23.2 Å². The summed E-state index contributed by atoms with van der Waals surface area (Å²) in [6.45, 7) is 14.3. The van der Waals surface area contributed by atoms with Gasteiger partial charge in [-0.3, -0.25) is 4.79 Å². The minimum Gasteiger partial charge on any atom is -0.507 e. The first-order valence-electron chi connectivity index (χ1n) is 6.93. The van der Waals surface area contributed by atoms with Crippen molar-refractivity contribution < 1.29 is 15.0 Å². The summed E-state index contributed by atoms with van der Waals surface area (Å²) in [4.78, 5) is 11.0. The first-order valence-corrected chi connectivity index (χ1v) is 6.93. The predicted molar refractivity (Wildman–Crippen MR) is 83.7 cm³/mol. The highest BCUT2D eigenvalue weighted by atomic mass is 16.3. The van der Waals surface area contributed by atoms with Gasteiger partial charge in [-0.2, -0.15) is 0 Å². The summed E-state index contributed by atoms with van der Waals surface area (Å²) in [5, 5.41) is 17.7. The Hall–Kier alpha value is -1.35. The average molecular weight is 280 g/mol. The zero-order valence-corrected chi connectivity index (χ0v) is 13.7. The van der Waals surface area contributed by atoms with Crippen LogP contribution in [0.2, 0.25) is 0 Å². The Morgan fingerprint density at radius 3 is 1.80 bits per heavy atom. The van der Waals surface area contributed by atoms with E-state index >= 15 is 0 Å². The molecule has 0 fully saturated rings. The largest absolute Gasteiger partial charge is 0.507 e. The number of aldehydes is 1. The molecular formula is C17H28O3. The Kier molecular flexibility index (Phi) is 6.42. The Morgan fingerprint density at radius 2 is 1.50 bits per heavy atom. The number of phenolic OH excluding ortho intramolecular Hbond substituents is 1. The standard InChI is InChI=1S/C15H22O2.C2H6O/c1-14(2,3)11-7-10(9-16)13(17)12(8-11)15(4,5)6;1-2-3/h7-9,17H,1-6H3;3H,2H2,1H3. The number of rotatable bonds is 1. The van der Waals surface area contributed by atoms with Crippen molar-refractivity contribution in [2.45, 2.75) is 59.3 Å². The molecule has 0 atom stereocenters. The van der Waals surface area contributed by atoms with Crippen LogP contribution in [0.15, 0.2) is 12.1 Å². The van der Waals surface area contributed by atoms with Gasteiger partial charge < -0.3 is 10.2 Å². The van der Waals surface area contributed by atoms with E-state index in [1.165, 1.54) is 0 Å². The van der Waals surface area contributed by atoms with Crippen LogP contribution in [0.3, 0.4) is 0 Å². The molecule has 0 aromatic heterocycles. The zero-order chi connectivity index (χ0) is 16.1. The molecule has 3 nitrogen and oxygen atoms in total. The van der Waals surface area contributed by atoms with Crippen molar-refractivity contribution in [3.8, 4) is 5.75 Å². The molecule has 0 heterocycles. The van der Waals surface area contributed by atoms with E-state index in [4.69, 9.17) is 5.11 Å². The van der Waals surface area contributed by atoms with Crippen LogP contribution in [-0.4, -0.2) is 23.1 Å². The van der Waals surface area contributed by atoms with Crippen molar-refractivity contribution in [3.05, 3.63) is 28.8 Å². The second-order valence-corrected chi connectivity index (χ2v) is 6.90. The number of hydrogen-bond acceptors (Lipinski definition) is 3. The van der Waals surface area contributed by atoms with Crippen LogP contribution < -0.4 is 0 Å². The number of aliphatic hydroxyl groups excluding tert-OH is 1. The Labute approximate surface area is 122 Å². The number of benzene rings is 1. The molecule has 0 spiro atoms. The molecule has 0 aliphatic rings. The van der Waals surface area contributed by atoms with Crippen molar-refractivity contribution in [2.24, 2.45) is 0 Å². The zero-order valence-electron chi connectivity index (χ0n) is 13.7. The van der Waals surface area contributed by atoms with Crippen LogP contribution in [0.4, 0.5) is 0 Å². The van der Waals surface area contributed by atoms with Gasteiger partial charge in [-0.1, -0.05) is 47.6 Å². The lowest BCUT2D eigenvalue weighted by Gasteiger charge is -2.26. The van der Waals surface area contributed by atoms with E-state index < -0.39 is 0 Å². The number of aliphatic hydroxyl groups is 1. The fourth-order valence-electron chi connectivity index (χ4n) is 1.75. The van der Waals surface area contributed by atoms with Crippen LogP contribution in [-0.2, 0) is 10.8 Å². The topological polar surface area (TPSA) is 57.5 Å². The summed E-state index contributed by atoms with van der Waals surface area (Å²) in [6, 6.07) is 3.78. The van der Waals surface area contributed by atoms with Gasteiger partial charge in [-0.05, 0) is 29.4 Å². The maximum absolute atomic E-state index is 11.0. The molecule has 1 aromatic carbocycles. The normalized spacial score (nSPS) is 11.6. The van der Waals surface area contributed by atoms with Gasteiger partial charge in [0.1, 0.15) is 5.75 Å². The molecule has 0 saturated carbocycles. The van der Waals surface area contributed by atoms with E-state index in [1.54, 1.807) is 13.0 Å².